The second-order valence-corrected chi connectivity index (χ2v) is 6.52. The van der Waals surface area contributed by atoms with Crippen LogP contribution < -0.4 is 5.32 Å². The monoisotopic (exact) mass is 278 g/mol. The molecule has 0 amide bonds. The van der Waals surface area contributed by atoms with Gasteiger partial charge in [-0.25, -0.2) is 0 Å². The Bertz CT molecular complexity index is 356. The van der Waals surface area contributed by atoms with Gasteiger partial charge < -0.3 is 9.88 Å². The Morgan fingerprint density at radius 3 is 2.15 bits per heavy atom. The van der Waals surface area contributed by atoms with Crippen LogP contribution in [-0.4, -0.2) is 10.1 Å². The van der Waals surface area contributed by atoms with E-state index in [1.807, 2.05) is 0 Å². The molecule has 1 unspecified atom stereocenters. The number of nitrogens with zero attached hydrogens (tertiary/aromatic N) is 1. The van der Waals surface area contributed by atoms with Crippen molar-refractivity contribution in [3.8, 4) is 0 Å². The van der Waals surface area contributed by atoms with Crippen LogP contribution in [-0.2, 0) is 7.05 Å². The Labute approximate surface area is 126 Å². The van der Waals surface area contributed by atoms with Crippen molar-refractivity contribution < 1.29 is 0 Å². The molecule has 0 aliphatic rings. The van der Waals surface area contributed by atoms with Crippen LogP contribution in [0.25, 0.3) is 0 Å². The second kappa shape index (κ2) is 9.10. The van der Waals surface area contributed by atoms with Crippen LogP contribution in [0.3, 0.4) is 0 Å². The van der Waals surface area contributed by atoms with E-state index in [1.54, 1.807) is 0 Å². The topological polar surface area (TPSA) is 17.0 Å². The zero-order valence-corrected chi connectivity index (χ0v) is 14.0. The predicted molar refractivity (Wildman–Crippen MR) is 90.3 cm³/mol. The molecule has 1 atom stereocenters. The third kappa shape index (κ3) is 6.49. The van der Waals surface area contributed by atoms with Gasteiger partial charge in [0, 0.05) is 25.0 Å². The number of aromatic nitrogens is 1. The molecule has 0 saturated heterocycles. The van der Waals surface area contributed by atoms with Gasteiger partial charge in [-0.05, 0) is 25.8 Å². The van der Waals surface area contributed by atoms with Crippen molar-refractivity contribution in [2.75, 3.05) is 5.32 Å². The van der Waals surface area contributed by atoms with E-state index in [0.29, 0.717) is 0 Å². The van der Waals surface area contributed by atoms with Crippen LogP contribution in [0.1, 0.15) is 78.6 Å². The summed E-state index contributed by atoms with van der Waals surface area (Å²) in [5, 5.41) is 3.79. The summed E-state index contributed by atoms with van der Waals surface area (Å²) in [5.41, 5.74) is 1.52. The summed E-state index contributed by atoms with van der Waals surface area (Å²) in [6, 6.07) is 2.18. The minimum absolute atomic E-state index is 0.254. The fourth-order valence-electron chi connectivity index (χ4n) is 2.88. The normalized spacial score (nSPS) is 14.2. The average Bonchev–Trinajstić information content (AvgIpc) is 2.80. The van der Waals surface area contributed by atoms with Crippen molar-refractivity contribution >= 4 is 5.69 Å². The summed E-state index contributed by atoms with van der Waals surface area (Å²) in [7, 11) is 2.08. The number of rotatable bonds is 11. The van der Waals surface area contributed by atoms with E-state index in [-0.39, 0.29) is 5.54 Å². The summed E-state index contributed by atoms with van der Waals surface area (Å²) in [6.07, 6.45) is 16.3. The highest BCUT2D eigenvalue weighted by atomic mass is 15.0. The lowest BCUT2D eigenvalue weighted by Crippen LogP contribution is -2.34. The summed E-state index contributed by atoms with van der Waals surface area (Å²) >= 11 is 0. The zero-order chi connectivity index (χ0) is 14.8. The molecule has 1 N–H and O–H groups in total. The summed E-state index contributed by atoms with van der Waals surface area (Å²) in [5.74, 6) is 0. The van der Waals surface area contributed by atoms with Gasteiger partial charge in [-0.2, -0.15) is 0 Å². The third-order valence-corrected chi connectivity index (χ3v) is 4.19. The molecule has 0 radical (unpaired) electrons. The Hall–Kier alpha value is -0.920. The average molecular weight is 278 g/mol. The standard InChI is InChI=1S/C18H34N2/c1-5-7-9-11-14-18(3,13-10-8-6-2)19-17-12-15-20(4)16-17/h12,15-16,19H,5-11,13-14H2,1-4H3. The lowest BCUT2D eigenvalue weighted by molar-refractivity contribution is 0.397. The summed E-state index contributed by atoms with van der Waals surface area (Å²) in [6.45, 7) is 6.97. The number of hydrogen-bond acceptors (Lipinski definition) is 1. The van der Waals surface area contributed by atoms with Crippen molar-refractivity contribution in [2.45, 2.75) is 84.1 Å². The molecule has 0 saturated carbocycles. The van der Waals surface area contributed by atoms with Crippen molar-refractivity contribution in [2.24, 2.45) is 7.05 Å². The lowest BCUT2D eigenvalue weighted by Gasteiger charge is -2.32. The van der Waals surface area contributed by atoms with E-state index in [0.717, 1.165) is 0 Å². The molecule has 0 fully saturated rings. The highest BCUT2D eigenvalue weighted by molar-refractivity contribution is 5.43. The minimum atomic E-state index is 0.254. The summed E-state index contributed by atoms with van der Waals surface area (Å²) < 4.78 is 2.12. The maximum absolute atomic E-state index is 3.79. The molecule has 0 aliphatic carbocycles. The van der Waals surface area contributed by atoms with E-state index < -0.39 is 0 Å². The van der Waals surface area contributed by atoms with Crippen molar-refractivity contribution in [3.05, 3.63) is 18.5 Å². The number of aryl methyl sites for hydroxylation is 1. The molecule has 2 heteroatoms. The van der Waals surface area contributed by atoms with Gasteiger partial charge in [0.1, 0.15) is 0 Å². The molecular weight excluding hydrogens is 244 g/mol. The molecule has 0 spiro atoms. The molecule has 1 aromatic rings. The van der Waals surface area contributed by atoms with Gasteiger partial charge in [-0.1, -0.05) is 58.8 Å². The van der Waals surface area contributed by atoms with Gasteiger partial charge in [0.2, 0.25) is 0 Å². The molecule has 1 aromatic heterocycles. The fraction of sp³-hybridized carbons (Fsp3) is 0.778. The van der Waals surface area contributed by atoms with Crippen molar-refractivity contribution in [3.63, 3.8) is 0 Å². The Balaban J connectivity index is 2.52. The first kappa shape index (κ1) is 17.1. The molecule has 0 bridgehead atoms. The third-order valence-electron chi connectivity index (χ3n) is 4.19. The Morgan fingerprint density at radius 2 is 1.60 bits per heavy atom. The highest BCUT2D eigenvalue weighted by Gasteiger charge is 2.23. The van der Waals surface area contributed by atoms with Gasteiger partial charge in [0.25, 0.3) is 0 Å². The molecule has 1 rings (SSSR count). The van der Waals surface area contributed by atoms with Gasteiger partial charge in [0.15, 0.2) is 0 Å². The maximum Gasteiger partial charge on any atom is 0.0523 e. The Morgan fingerprint density at radius 1 is 1.00 bits per heavy atom. The lowest BCUT2D eigenvalue weighted by atomic mass is 9.88. The molecule has 0 aliphatic heterocycles. The van der Waals surface area contributed by atoms with Crippen molar-refractivity contribution in [1.82, 2.24) is 4.57 Å². The first-order valence-electron chi connectivity index (χ1n) is 8.50. The van der Waals surface area contributed by atoms with E-state index >= 15 is 0 Å². The van der Waals surface area contributed by atoms with Crippen LogP contribution in [0.4, 0.5) is 5.69 Å². The molecule has 116 valence electrons. The van der Waals surface area contributed by atoms with Crippen LogP contribution in [0.15, 0.2) is 18.5 Å². The van der Waals surface area contributed by atoms with E-state index in [1.165, 1.54) is 63.5 Å². The SMILES string of the molecule is CCCCCCC(C)(CCCCC)Nc1ccn(C)c1. The quantitative estimate of drug-likeness (QED) is 0.510. The Kier molecular flexibility index (Phi) is 7.79. The number of unbranched alkanes of at least 4 members (excludes halogenated alkanes) is 5. The first-order chi connectivity index (χ1) is 9.59. The molecule has 0 aromatic carbocycles. The van der Waals surface area contributed by atoms with Crippen LogP contribution >= 0.6 is 0 Å². The number of nitrogens with one attached hydrogen (secondary N) is 1. The molecule has 2 nitrogen and oxygen atoms in total. The predicted octanol–water partition coefficient (Wildman–Crippen LogP) is 5.75. The van der Waals surface area contributed by atoms with Crippen LogP contribution in [0.2, 0.25) is 0 Å². The van der Waals surface area contributed by atoms with E-state index in [2.05, 4.69) is 56.2 Å². The minimum Gasteiger partial charge on any atom is -0.379 e. The highest BCUT2D eigenvalue weighted by Crippen LogP contribution is 2.27. The first-order valence-corrected chi connectivity index (χ1v) is 8.50. The maximum atomic E-state index is 3.79. The second-order valence-electron chi connectivity index (χ2n) is 6.52. The van der Waals surface area contributed by atoms with Gasteiger partial charge in [-0.3, -0.25) is 0 Å². The van der Waals surface area contributed by atoms with Crippen molar-refractivity contribution in [1.29, 1.82) is 0 Å². The fourth-order valence-corrected chi connectivity index (χ4v) is 2.88. The number of hydrogen-bond donors (Lipinski definition) is 1. The molecule has 20 heavy (non-hydrogen) atoms. The number of anilines is 1. The molecular formula is C18H34N2. The van der Waals surface area contributed by atoms with Gasteiger partial charge in [0.05, 0.1) is 5.69 Å². The van der Waals surface area contributed by atoms with Crippen LogP contribution in [0.5, 0.6) is 0 Å². The molecule has 1 heterocycles. The zero-order valence-electron chi connectivity index (χ0n) is 14.0. The van der Waals surface area contributed by atoms with Gasteiger partial charge >= 0.3 is 0 Å². The van der Waals surface area contributed by atoms with E-state index in [4.69, 9.17) is 0 Å². The summed E-state index contributed by atoms with van der Waals surface area (Å²) in [4.78, 5) is 0. The largest absolute Gasteiger partial charge is 0.379 e. The van der Waals surface area contributed by atoms with Crippen LogP contribution in [0, 0.1) is 0 Å². The smallest absolute Gasteiger partial charge is 0.0523 e. The van der Waals surface area contributed by atoms with E-state index in [9.17, 15) is 0 Å². The van der Waals surface area contributed by atoms with Gasteiger partial charge in [-0.15, -0.1) is 0 Å².